The van der Waals surface area contributed by atoms with Gasteiger partial charge in [-0.25, -0.2) is 12.7 Å². The van der Waals surface area contributed by atoms with Crippen molar-refractivity contribution in [1.82, 2.24) is 19.1 Å². The Kier molecular flexibility index (Phi) is 6.42. The van der Waals surface area contributed by atoms with Gasteiger partial charge in [-0.05, 0) is 63.2 Å². The van der Waals surface area contributed by atoms with Gasteiger partial charge in [0.25, 0.3) is 5.91 Å². The molecule has 2 heterocycles. The van der Waals surface area contributed by atoms with Crippen molar-refractivity contribution in [2.75, 3.05) is 40.3 Å². The van der Waals surface area contributed by atoms with Gasteiger partial charge in [0.05, 0.1) is 4.90 Å². The van der Waals surface area contributed by atoms with E-state index < -0.39 is 10.0 Å². The second-order valence-electron chi connectivity index (χ2n) is 7.61. The summed E-state index contributed by atoms with van der Waals surface area (Å²) in [5.74, 6) is -0.130. The van der Waals surface area contributed by atoms with Gasteiger partial charge in [0.15, 0.2) is 0 Å². The molecular weight excluding hydrogens is 376 g/mol. The van der Waals surface area contributed by atoms with Gasteiger partial charge in [-0.1, -0.05) is 6.42 Å². The summed E-state index contributed by atoms with van der Waals surface area (Å²) in [5.41, 5.74) is 1.36. The number of sulfonamides is 1. The molecule has 0 radical (unpaired) electrons. The molecule has 1 aliphatic rings. The third-order valence-electron chi connectivity index (χ3n) is 5.41. The fraction of sp³-hybridized carbons (Fsp3) is 0.550. The van der Waals surface area contributed by atoms with Crippen molar-refractivity contribution in [2.24, 2.45) is 7.05 Å². The number of fused-ring (bicyclic) bond motifs is 1. The standard InChI is InChI=1S/C20H30N4O3S/c1-22(2)28(26,27)17-8-9-18-16(14-17)15-19(23(18)3)20(25)21-10-7-13-24-11-5-4-6-12-24/h8-9,14-15H,4-7,10-13H2,1-3H3,(H,21,25). The van der Waals surface area contributed by atoms with Crippen LogP contribution in [0, 0.1) is 0 Å². The molecule has 0 spiro atoms. The monoisotopic (exact) mass is 406 g/mol. The van der Waals surface area contributed by atoms with Crippen LogP contribution in [0.3, 0.4) is 0 Å². The molecule has 0 atom stereocenters. The molecule has 7 nitrogen and oxygen atoms in total. The first-order chi connectivity index (χ1) is 13.3. The summed E-state index contributed by atoms with van der Waals surface area (Å²) < 4.78 is 27.7. The van der Waals surface area contributed by atoms with E-state index in [1.54, 1.807) is 28.8 Å². The fourth-order valence-corrected chi connectivity index (χ4v) is 4.63. The number of piperidine rings is 1. The maximum Gasteiger partial charge on any atom is 0.267 e. The Labute approximate surface area is 167 Å². The zero-order valence-corrected chi connectivity index (χ0v) is 17.8. The van der Waals surface area contributed by atoms with E-state index in [0.717, 1.165) is 37.0 Å². The third kappa shape index (κ3) is 4.39. The second-order valence-corrected chi connectivity index (χ2v) is 9.76. The minimum absolute atomic E-state index is 0.130. The van der Waals surface area contributed by atoms with Gasteiger partial charge in [0, 0.05) is 38.6 Å². The molecular formula is C20H30N4O3S. The van der Waals surface area contributed by atoms with E-state index in [2.05, 4.69) is 10.2 Å². The molecule has 0 saturated carbocycles. The van der Waals surface area contributed by atoms with Gasteiger partial charge in [-0.3, -0.25) is 4.79 Å². The normalized spacial score (nSPS) is 16.0. The SMILES string of the molecule is CN(C)S(=O)(=O)c1ccc2c(c1)cc(C(=O)NCCCN1CCCCC1)n2C. The molecule has 8 heteroatoms. The molecule has 1 aromatic carbocycles. The number of nitrogens with one attached hydrogen (secondary N) is 1. The Morgan fingerprint density at radius 3 is 2.54 bits per heavy atom. The van der Waals surface area contributed by atoms with Crippen LogP contribution in [0.25, 0.3) is 10.9 Å². The molecule has 1 N–H and O–H groups in total. The number of carbonyl (C=O) groups is 1. The van der Waals surface area contributed by atoms with E-state index in [4.69, 9.17) is 0 Å². The molecule has 2 aromatic rings. The molecule has 0 unspecified atom stereocenters. The topological polar surface area (TPSA) is 74.7 Å². The Balaban J connectivity index is 1.66. The summed E-state index contributed by atoms with van der Waals surface area (Å²) in [7, 11) is 1.34. The third-order valence-corrected chi connectivity index (χ3v) is 7.22. The number of likely N-dealkylation sites (tertiary alicyclic amines) is 1. The van der Waals surface area contributed by atoms with Crippen LogP contribution in [-0.4, -0.2) is 68.4 Å². The largest absolute Gasteiger partial charge is 0.351 e. The van der Waals surface area contributed by atoms with Crippen molar-refractivity contribution >= 4 is 26.8 Å². The van der Waals surface area contributed by atoms with Crippen molar-refractivity contribution in [3.63, 3.8) is 0 Å². The van der Waals surface area contributed by atoms with Crippen LogP contribution in [0.1, 0.15) is 36.2 Å². The summed E-state index contributed by atoms with van der Waals surface area (Å²) in [5, 5.41) is 3.73. The van der Waals surface area contributed by atoms with Crippen LogP contribution in [-0.2, 0) is 17.1 Å². The number of nitrogens with zero attached hydrogens (tertiary/aromatic N) is 3. The number of hydrogen-bond acceptors (Lipinski definition) is 4. The fourth-order valence-electron chi connectivity index (χ4n) is 3.69. The molecule has 1 aromatic heterocycles. The molecule has 3 rings (SSSR count). The minimum Gasteiger partial charge on any atom is -0.351 e. The lowest BCUT2D eigenvalue weighted by atomic mass is 10.1. The number of aryl methyl sites for hydroxylation is 1. The highest BCUT2D eigenvalue weighted by atomic mass is 32.2. The number of benzene rings is 1. The minimum atomic E-state index is -3.50. The molecule has 0 aliphatic carbocycles. The van der Waals surface area contributed by atoms with Gasteiger partial charge < -0.3 is 14.8 Å². The number of rotatable bonds is 7. The maximum atomic E-state index is 12.6. The molecule has 0 bridgehead atoms. The van der Waals surface area contributed by atoms with Crippen LogP contribution in [0.4, 0.5) is 0 Å². The first kappa shape index (κ1) is 20.8. The number of amides is 1. The van der Waals surface area contributed by atoms with Crippen molar-refractivity contribution < 1.29 is 13.2 Å². The number of hydrogen-bond donors (Lipinski definition) is 1. The van der Waals surface area contributed by atoms with E-state index in [-0.39, 0.29) is 10.8 Å². The predicted molar refractivity (Wildman–Crippen MR) is 111 cm³/mol. The summed E-state index contributed by atoms with van der Waals surface area (Å²) >= 11 is 0. The Bertz CT molecular complexity index is 944. The van der Waals surface area contributed by atoms with E-state index >= 15 is 0 Å². The number of aromatic nitrogens is 1. The van der Waals surface area contributed by atoms with Crippen molar-refractivity contribution in [2.45, 2.75) is 30.6 Å². The van der Waals surface area contributed by atoms with Crippen LogP contribution < -0.4 is 5.32 Å². The van der Waals surface area contributed by atoms with E-state index in [9.17, 15) is 13.2 Å². The smallest absolute Gasteiger partial charge is 0.267 e. The first-order valence-electron chi connectivity index (χ1n) is 9.83. The first-order valence-corrected chi connectivity index (χ1v) is 11.3. The summed E-state index contributed by atoms with van der Waals surface area (Å²) in [4.78, 5) is 15.3. The van der Waals surface area contributed by atoms with Gasteiger partial charge in [0.2, 0.25) is 10.0 Å². The Morgan fingerprint density at radius 1 is 1.14 bits per heavy atom. The maximum absolute atomic E-state index is 12.6. The lowest BCUT2D eigenvalue weighted by Crippen LogP contribution is -2.33. The van der Waals surface area contributed by atoms with Gasteiger partial charge in [-0.2, -0.15) is 0 Å². The van der Waals surface area contributed by atoms with Crippen LogP contribution in [0.2, 0.25) is 0 Å². The second kappa shape index (κ2) is 8.63. The van der Waals surface area contributed by atoms with E-state index in [0.29, 0.717) is 12.2 Å². The van der Waals surface area contributed by atoms with Crippen LogP contribution in [0.5, 0.6) is 0 Å². The van der Waals surface area contributed by atoms with Gasteiger partial charge in [0.1, 0.15) is 5.69 Å². The number of carbonyl (C=O) groups excluding carboxylic acids is 1. The molecule has 1 fully saturated rings. The van der Waals surface area contributed by atoms with Gasteiger partial charge >= 0.3 is 0 Å². The molecule has 154 valence electrons. The van der Waals surface area contributed by atoms with E-state index in [1.807, 2.05) is 7.05 Å². The van der Waals surface area contributed by atoms with Crippen LogP contribution >= 0.6 is 0 Å². The van der Waals surface area contributed by atoms with Gasteiger partial charge in [-0.15, -0.1) is 0 Å². The molecule has 1 aliphatic heterocycles. The average Bonchev–Trinajstić information content (AvgIpc) is 3.02. The summed E-state index contributed by atoms with van der Waals surface area (Å²) in [6.07, 6.45) is 4.80. The predicted octanol–water partition coefficient (Wildman–Crippen LogP) is 2.03. The quantitative estimate of drug-likeness (QED) is 0.714. The average molecular weight is 407 g/mol. The Morgan fingerprint density at radius 2 is 1.86 bits per heavy atom. The Hall–Kier alpha value is -1.90. The molecule has 28 heavy (non-hydrogen) atoms. The lowest BCUT2D eigenvalue weighted by molar-refractivity contribution is 0.0943. The zero-order chi connectivity index (χ0) is 20.3. The van der Waals surface area contributed by atoms with Crippen LogP contribution in [0.15, 0.2) is 29.2 Å². The van der Waals surface area contributed by atoms with Crippen molar-refractivity contribution in [3.05, 3.63) is 30.0 Å². The van der Waals surface area contributed by atoms with E-state index in [1.165, 1.54) is 37.7 Å². The highest BCUT2D eigenvalue weighted by Crippen LogP contribution is 2.23. The zero-order valence-electron chi connectivity index (χ0n) is 16.9. The molecule has 1 amide bonds. The highest BCUT2D eigenvalue weighted by Gasteiger charge is 2.20. The lowest BCUT2D eigenvalue weighted by Gasteiger charge is -2.26. The van der Waals surface area contributed by atoms with Crippen molar-refractivity contribution in [3.8, 4) is 0 Å². The van der Waals surface area contributed by atoms with Crippen molar-refractivity contribution in [1.29, 1.82) is 0 Å². The molecule has 1 saturated heterocycles. The highest BCUT2D eigenvalue weighted by molar-refractivity contribution is 7.89. The summed E-state index contributed by atoms with van der Waals surface area (Å²) in [6, 6.07) is 6.71. The summed E-state index contributed by atoms with van der Waals surface area (Å²) in [6.45, 7) is 3.98.